The second kappa shape index (κ2) is 3.92. The van der Waals surface area contributed by atoms with Crippen molar-refractivity contribution in [3.63, 3.8) is 0 Å². The average molecular weight is 224 g/mol. The van der Waals surface area contributed by atoms with Gasteiger partial charge < -0.3 is 5.32 Å². The summed E-state index contributed by atoms with van der Waals surface area (Å²) in [4.78, 5) is 21.5. The van der Waals surface area contributed by atoms with Crippen LogP contribution in [0.25, 0.3) is 0 Å². The standard InChI is InChI=1S/C9H12N4O3/c1-10-9(14)8-7(13(15)16)5-12(11-8)4-6-2-3-6/h5-6H,2-4H2,1H3,(H,10,14). The smallest absolute Gasteiger partial charge is 0.320 e. The van der Waals surface area contributed by atoms with Gasteiger partial charge in [-0.2, -0.15) is 5.10 Å². The van der Waals surface area contributed by atoms with E-state index >= 15 is 0 Å². The van der Waals surface area contributed by atoms with Gasteiger partial charge in [-0.3, -0.25) is 19.6 Å². The van der Waals surface area contributed by atoms with Gasteiger partial charge in [-0.25, -0.2) is 0 Å². The zero-order valence-corrected chi connectivity index (χ0v) is 8.84. The first-order valence-corrected chi connectivity index (χ1v) is 5.05. The largest absolute Gasteiger partial charge is 0.353 e. The fraction of sp³-hybridized carbons (Fsp3) is 0.556. The fourth-order valence-electron chi connectivity index (χ4n) is 1.48. The number of hydrogen-bond acceptors (Lipinski definition) is 4. The van der Waals surface area contributed by atoms with Gasteiger partial charge in [-0.05, 0) is 18.8 Å². The molecular formula is C9H12N4O3. The summed E-state index contributed by atoms with van der Waals surface area (Å²) in [5.41, 5.74) is -0.354. The van der Waals surface area contributed by atoms with Crippen LogP contribution in [0.1, 0.15) is 23.3 Å². The Morgan fingerprint density at radius 2 is 2.44 bits per heavy atom. The number of hydrogen-bond donors (Lipinski definition) is 1. The predicted molar refractivity (Wildman–Crippen MR) is 55.0 cm³/mol. The third-order valence-corrected chi connectivity index (χ3v) is 2.52. The molecule has 1 aromatic heterocycles. The molecule has 7 nitrogen and oxygen atoms in total. The van der Waals surface area contributed by atoms with E-state index in [9.17, 15) is 14.9 Å². The molecule has 1 saturated carbocycles. The molecule has 0 bridgehead atoms. The molecule has 1 aliphatic carbocycles. The number of rotatable bonds is 4. The Labute approximate surface area is 91.6 Å². The second-order valence-electron chi connectivity index (χ2n) is 3.86. The predicted octanol–water partition coefficient (Wildman–Crippen LogP) is 0.561. The van der Waals surface area contributed by atoms with Crippen molar-refractivity contribution in [3.05, 3.63) is 22.0 Å². The summed E-state index contributed by atoms with van der Waals surface area (Å²) >= 11 is 0. The first kappa shape index (κ1) is 10.6. The van der Waals surface area contributed by atoms with E-state index in [2.05, 4.69) is 10.4 Å². The molecule has 1 fully saturated rings. The van der Waals surface area contributed by atoms with Crippen molar-refractivity contribution in [2.75, 3.05) is 7.05 Å². The molecular weight excluding hydrogens is 212 g/mol. The Kier molecular flexibility index (Phi) is 2.59. The zero-order chi connectivity index (χ0) is 11.7. The number of nitrogens with zero attached hydrogens (tertiary/aromatic N) is 3. The van der Waals surface area contributed by atoms with Gasteiger partial charge in [0.15, 0.2) is 0 Å². The Hall–Kier alpha value is -1.92. The van der Waals surface area contributed by atoms with Crippen molar-refractivity contribution < 1.29 is 9.72 Å². The second-order valence-corrected chi connectivity index (χ2v) is 3.86. The highest BCUT2D eigenvalue weighted by Gasteiger charge is 2.28. The van der Waals surface area contributed by atoms with Crippen molar-refractivity contribution >= 4 is 11.6 Å². The number of carbonyl (C=O) groups is 1. The average Bonchev–Trinajstić information content (AvgIpc) is 2.94. The van der Waals surface area contributed by atoms with Crippen LogP contribution in [0, 0.1) is 16.0 Å². The van der Waals surface area contributed by atoms with E-state index in [-0.39, 0.29) is 11.4 Å². The van der Waals surface area contributed by atoms with Crippen LogP contribution >= 0.6 is 0 Å². The summed E-state index contributed by atoms with van der Waals surface area (Å²) < 4.78 is 1.49. The van der Waals surface area contributed by atoms with Crippen molar-refractivity contribution in [1.29, 1.82) is 0 Å². The van der Waals surface area contributed by atoms with Crippen molar-refractivity contribution in [2.24, 2.45) is 5.92 Å². The number of nitro groups is 1. The van der Waals surface area contributed by atoms with E-state index < -0.39 is 10.8 Å². The number of nitrogens with one attached hydrogen (secondary N) is 1. The van der Waals surface area contributed by atoms with Crippen LogP contribution < -0.4 is 5.32 Å². The molecule has 86 valence electrons. The van der Waals surface area contributed by atoms with E-state index in [0.29, 0.717) is 12.5 Å². The lowest BCUT2D eigenvalue weighted by Gasteiger charge is -1.96. The van der Waals surface area contributed by atoms with Crippen LogP contribution in [0.5, 0.6) is 0 Å². The molecule has 2 rings (SSSR count). The lowest BCUT2D eigenvalue weighted by Crippen LogP contribution is -2.19. The van der Waals surface area contributed by atoms with E-state index in [4.69, 9.17) is 0 Å². The number of carbonyl (C=O) groups excluding carboxylic acids is 1. The van der Waals surface area contributed by atoms with Crippen molar-refractivity contribution in [3.8, 4) is 0 Å². The minimum absolute atomic E-state index is 0.117. The summed E-state index contributed by atoms with van der Waals surface area (Å²) in [6.45, 7) is 0.651. The zero-order valence-electron chi connectivity index (χ0n) is 8.84. The SMILES string of the molecule is CNC(=O)c1nn(CC2CC2)cc1[N+](=O)[O-]. The molecule has 16 heavy (non-hydrogen) atoms. The summed E-state index contributed by atoms with van der Waals surface area (Å²) in [5, 5.41) is 17.0. The monoisotopic (exact) mass is 224 g/mol. The van der Waals surface area contributed by atoms with Gasteiger partial charge in [0, 0.05) is 13.6 Å². The van der Waals surface area contributed by atoms with Crippen molar-refractivity contribution in [2.45, 2.75) is 19.4 Å². The van der Waals surface area contributed by atoms with Gasteiger partial charge in [0.25, 0.3) is 5.91 Å². The Morgan fingerprint density at radius 3 is 2.94 bits per heavy atom. The third-order valence-electron chi connectivity index (χ3n) is 2.52. The topological polar surface area (TPSA) is 90.1 Å². The van der Waals surface area contributed by atoms with Gasteiger partial charge >= 0.3 is 5.69 Å². The van der Waals surface area contributed by atoms with E-state index in [1.165, 1.54) is 17.9 Å². The van der Waals surface area contributed by atoms with Crippen LogP contribution in [-0.2, 0) is 6.54 Å². The molecule has 0 saturated heterocycles. The first-order chi connectivity index (χ1) is 7.61. The maximum Gasteiger partial charge on any atom is 0.320 e. The normalized spacial score (nSPS) is 14.8. The van der Waals surface area contributed by atoms with Crippen LogP contribution in [0.3, 0.4) is 0 Å². The van der Waals surface area contributed by atoms with Crippen LogP contribution in [-0.4, -0.2) is 27.7 Å². The van der Waals surface area contributed by atoms with E-state index in [1.54, 1.807) is 0 Å². The maximum absolute atomic E-state index is 11.4. The van der Waals surface area contributed by atoms with Gasteiger partial charge in [0.2, 0.25) is 5.69 Å². The molecule has 1 aliphatic rings. The minimum atomic E-state index is -0.582. The van der Waals surface area contributed by atoms with Crippen LogP contribution in [0.15, 0.2) is 6.20 Å². The van der Waals surface area contributed by atoms with Crippen LogP contribution in [0.4, 0.5) is 5.69 Å². The highest BCUT2D eigenvalue weighted by atomic mass is 16.6. The Balaban J connectivity index is 2.28. The van der Waals surface area contributed by atoms with Crippen LogP contribution in [0.2, 0.25) is 0 Å². The van der Waals surface area contributed by atoms with Gasteiger partial charge in [-0.15, -0.1) is 0 Å². The molecule has 0 unspecified atom stereocenters. The summed E-state index contributed by atoms with van der Waals surface area (Å²) in [7, 11) is 1.42. The molecule has 1 N–H and O–H groups in total. The molecule has 1 aromatic rings. The Bertz CT molecular complexity index is 436. The van der Waals surface area contributed by atoms with Gasteiger partial charge in [0.05, 0.1) is 4.92 Å². The first-order valence-electron chi connectivity index (χ1n) is 5.05. The molecule has 1 amide bonds. The molecule has 0 atom stereocenters. The Morgan fingerprint density at radius 1 is 1.75 bits per heavy atom. The maximum atomic E-state index is 11.4. The number of amides is 1. The summed E-state index contributed by atoms with van der Waals surface area (Å²) in [6.07, 6.45) is 3.58. The molecule has 0 spiro atoms. The lowest BCUT2D eigenvalue weighted by atomic mass is 10.3. The van der Waals surface area contributed by atoms with Gasteiger partial charge in [0.1, 0.15) is 6.20 Å². The third kappa shape index (κ3) is 2.02. The fourth-order valence-corrected chi connectivity index (χ4v) is 1.48. The van der Waals surface area contributed by atoms with Crippen molar-refractivity contribution in [1.82, 2.24) is 15.1 Å². The van der Waals surface area contributed by atoms with E-state index in [0.717, 1.165) is 12.8 Å². The highest BCUT2D eigenvalue weighted by Crippen LogP contribution is 2.31. The summed E-state index contributed by atoms with van der Waals surface area (Å²) in [6, 6.07) is 0. The molecule has 0 radical (unpaired) electrons. The summed E-state index contributed by atoms with van der Waals surface area (Å²) in [5.74, 6) is 0.0262. The van der Waals surface area contributed by atoms with E-state index in [1.807, 2.05) is 0 Å². The number of aromatic nitrogens is 2. The molecule has 7 heteroatoms. The quantitative estimate of drug-likeness (QED) is 0.597. The lowest BCUT2D eigenvalue weighted by molar-refractivity contribution is -0.385. The highest BCUT2D eigenvalue weighted by molar-refractivity contribution is 5.95. The molecule has 0 aliphatic heterocycles. The molecule has 0 aromatic carbocycles. The van der Waals surface area contributed by atoms with Gasteiger partial charge in [-0.1, -0.05) is 0 Å². The minimum Gasteiger partial charge on any atom is -0.353 e. The molecule has 1 heterocycles.